The van der Waals surface area contributed by atoms with Crippen molar-refractivity contribution in [2.75, 3.05) is 19.6 Å². The summed E-state index contributed by atoms with van der Waals surface area (Å²) in [5.74, 6) is 0.0205. The van der Waals surface area contributed by atoms with Crippen molar-refractivity contribution in [3.8, 4) is 0 Å². The molecule has 0 N–H and O–H groups in total. The zero-order valence-corrected chi connectivity index (χ0v) is 9.82. The molecule has 0 saturated heterocycles. The van der Waals surface area contributed by atoms with Crippen LogP contribution >= 0.6 is 0 Å². The number of hydrogen-bond donors (Lipinski definition) is 0. The minimum absolute atomic E-state index is 0.0205. The van der Waals surface area contributed by atoms with Crippen LogP contribution in [0.15, 0.2) is 16.8 Å². The maximum atomic E-state index is 11.3. The highest BCUT2D eigenvalue weighted by Gasteiger charge is 2.19. The van der Waals surface area contributed by atoms with Crippen LogP contribution in [0.2, 0.25) is 0 Å². The second kappa shape index (κ2) is 8.15. The average molecular weight is 212 g/mol. The first-order valence-corrected chi connectivity index (χ1v) is 5.55. The Morgan fingerprint density at radius 2 is 2.13 bits per heavy atom. The number of carbonyl (C=O) groups excluding carboxylic acids is 1. The van der Waals surface area contributed by atoms with Gasteiger partial charge in [-0.25, -0.2) is 0 Å². The van der Waals surface area contributed by atoms with Crippen LogP contribution in [-0.4, -0.2) is 30.4 Å². The molecule has 0 unspecified atom stereocenters. The molecule has 0 radical (unpaired) electrons. The number of carbonyl (C=O) groups is 1. The van der Waals surface area contributed by atoms with E-state index in [1.165, 1.54) is 5.57 Å². The van der Waals surface area contributed by atoms with Crippen LogP contribution in [0.1, 0.15) is 33.6 Å². The summed E-state index contributed by atoms with van der Waals surface area (Å²) in [7, 11) is 0. The van der Waals surface area contributed by atoms with Gasteiger partial charge in [-0.1, -0.05) is 32.4 Å². The third-order valence-electron chi connectivity index (χ3n) is 2.07. The first kappa shape index (κ1) is 13.8. The topological polar surface area (TPSA) is 49.7 Å². The Hall–Kier alpha value is -1.19. The summed E-state index contributed by atoms with van der Waals surface area (Å²) in [6, 6.07) is 0. The van der Waals surface area contributed by atoms with Gasteiger partial charge in [0.05, 0.1) is 6.54 Å². The fourth-order valence-electron chi connectivity index (χ4n) is 1.46. The van der Waals surface area contributed by atoms with Gasteiger partial charge in [-0.3, -0.25) is 4.79 Å². The lowest BCUT2D eigenvalue weighted by atomic mass is 10.2. The molecular weight excluding hydrogens is 192 g/mol. The van der Waals surface area contributed by atoms with Crippen molar-refractivity contribution in [3.63, 3.8) is 0 Å². The molecule has 4 nitrogen and oxygen atoms in total. The van der Waals surface area contributed by atoms with E-state index < -0.39 is 0 Å². The summed E-state index contributed by atoms with van der Waals surface area (Å²) >= 11 is 0. The first-order valence-electron chi connectivity index (χ1n) is 5.55. The Morgan fingerprint density at radius 3 is 2.67 bits per heavy atom. The maximum absolute atomic E-state index is 11.3. The Bertz CT molecular complexity index is 237. The molecule has 86 valence electrons. The van der Waals surface area contributed by atoms with E-state index >= 15 is 0 Å². The molecular formula is C11H20N2O2. The van der Waals surface area contributed by atoms with Crippen LogP contribution in [0, 0.1) is 4.91 Å². The molecule has 0 aromatic heterocycles. The summed E-state index contributed by atoms with van der Waals surface area (Å²) < 4.78 is 0. The molecule has 0 spiro atoms. The molecule has 0 aliphatic carbocycles. The number of hydrogen-bond acceptors (Lipinski definition) is 3. The Labute approximate surface area is 91.3 Å². The minimum Gasteiger partial charge on any atom is -0.333 e. The summed E-state index contributed by atoms with van der Waals surface area (Å²) in [5, 5.41) is 2.74. The van der Waals surface area contributed by atoms with Gasteiger partial charge in [-0.15, -0.1) is 0 Å². The first-order chi connectivity index (χ1) is 7.27. The minimum atomic E-state index is 0.0205. The van der Waals surface area contributed by atoms with Gasteiger partial charge >= 0.3 is 0 Å². The fourth-order valence-corrected chi connectivity index (χ4v) is 1.46. The second-order valence-corrected chi connectivity index (χ2v) is 3.17. The number of amides is 1. The van der Waals surface area contributed by atoms with E-state index in [2.05, 4.69) is 12.1 Å². The Kier molecular flexibility index (Phi) is 7.50. The molecule has 1 aliphatic rings. The van der Waals surface area contributed by atoms with Gasteiger partial charge in [0, 0.05) is 19.2 Å². The Morgan fingerprint density at radius 1 is 1.47 bits per heavy atom. The molecule has 0 atom stereocenters. The SMILES string of the molecule is CC.CCCC1=CC(=O)N(CCN=O)C1. The van der Waals surface area contributed by atoms with Crippen molar-refractivity contribution in [1.29, 1.82) is 0 Å². The van der Waals surface area contributed by atoms with Crippen LogP contribution in [0.5, 0.6) is 0 Å². The highest BCUT2D eigenvalue weighted by Crippen LogP contribution is 2.14. The van der Waals surface area contributed by atoms with Crippen molar-refractivity contribution >= 4 is 5.91 Å². The number of rotatable bonds is 5. The largest absolute Gasteiger partial charge is 0.333 e. The molecule has 1 aliphatic heterocycles. The van der Waals surface area contributed by atoms with E-state index in [-0.39, 0.29) is 12.5 Å². The van der Waals surface area contributed by atoms with Gasteiger partial charge in [0.1, 0.15) is 0 Å². The van der Waals surface area contributed by atoms with E-state index in [0.29, 0.717) is 13.1 Å². The summed E-state index contributed by atoms with van der Waals surface area (Å²) in [6.45, 7) is 7.41. The monoisotopic (exact) mass is 212 g/mol. The number of nitrogens with zero attached hydrogens (tertiary/aromatic N) is 2. The normalized spacial score (nSPS) is 14.5. The standard InChI is InChI=1S/C9H14N2O2.C2H6/c1-2-3-8-6-9(12)11(7-8)5-4-10-13;1-2/h6H,2-5,7H2,1H3;1-2H3. The van der Waals surface area contributed by atoms with E-state index in [1.807, 2.05) is 13.8 Å². The predicted octanol–water partition coefficient (Wildman–Crippen LogP) is 2.35. The van der Waals surface area contributed by atoms with E-state index in [9.17, 15) is 9.70 Å². The van der Waals surface area contributed by atoms with Crippen molar-refractivity contribution < 1.29 is 4.79 Å². The van der Waals surface area contributed by atoms with Gasteiger partial charge in [0.15, 0.2) is 0 Å². The summed E-state index contributed by atoms with van der Waals surface area (Å²) in [5.41, 5.74) is 1.17. The van der Waals surface area contributed by atoms with Gasteiger partial charge < -0.3 is 4.90 Å². The molecule has 1 heterocycles. The lowest BCUT2D eigenvalue weighted by molar-refractivity contribution is -0.124. The highest BCUT2D eigenvalue weighted by atomic mass is 16.3. The van der Waals surface area contributed by atoms with Gasteiger partial charge in [0.25, 0.3) is 0 Å². The van der Waals surface area contributed by atoms with Crippen molar-refractivity contribution in [2.24, 2.45) is 5.18 Å². The van der Waals surface area contributed by atoms with Crippen LogP contribution in [0.25, 0.3) is 0 Å². The van der Waals surface area contributed by atoms with E-state index in [4.69, 9.17) is 0 Å². The van der Waals surface area contributed by atoms with E-state index in [0.717, 1.165) is 12.8 Å². The van der Waals surface area contributed by atoms with Crippen LogP contribution in [-0.2, 0) is 4.79 Å². The van der Waals surface area contributed by atoms with Gasteiger partial charge in [0.2, 0.25) is 5.91 Å². The predicted molar refractivity (Wildman–Crippen MR) is 61.6 cm³/mol. The van der Waals surface area contributed by atoms with Crippen molar-refractivity contribution in [3.05, 3.63) is 16.6 Å². The maximum Gasteiger partial charge on any atom is 0.246 e. The Balaban J connectivity index is 0.000000921. The molecule has 0 aromatic rings. The summed E-state index contributed by atoms with van der Waals surface area (Å²) in [4.78, 5) is 22.8. The zero-order valence-electron chi connectivity index (χ0n) is 9.82. The summed E-state index contributed by atoms with van der Waals surface area (Å²) in [6.07, 6.45) is 3.70. The highest BCUT2D eigenvalue weighted by molar-refractivity contribution is 5.91. The van der Waals surface area contributed by atoms with E-state index in [1.54, 1.807) is 11.0 Å². The quantitative estimate of drug-likeness (QED) is 0.657. The number of nitroso groups, excluding NO2 is 1. The molecule has 15 heavy (non-hydrogen) atoms. The van der Waals surface area contributed by atoms with Crippen LogP contribution in [0.4, 0.5) is 0 Å². The third kappa shape index (κ3) is 4.72. The van der Waals surface area contributed by atoms with Crippen molar-refractivity contribution in [1.82, 2.24) is 4.90 Å². The second-order valence-electron chi connectivity index (χ2n) is 3.17. The average Bonchev–Trinajstić information content (AvgIpc) is 2.60. The smallest absolute Gasteiger partial charge is 0.246 e. The van der Waals surface area contributed by atoms with Crippen LogP contribution < -0.4 is 0 Å². The molecule has 1 amide bonds. The molecule has 0 saturated carbocycles. The molecule has 0 fully saturated rings. The molecule has 0 aromatic carbocycles. The fraction of sp³-hybridized carbons (Fsp3) is 0.727. The lowest BCUT2D eigenvalue weighted by Gasteiger charge is -2.13. The zero-order chi connectivity index (χ0) is 11.7. The van der Waals surface area contributed by atoms with Gasteiger partial charge in [-0.05, 0) is 12.0 Å². The molecule has 4 heteroatoms. The van der Waals surface area contributed by atoms with Crippen molar-refractivity contribution in [2.45, 2.75) is 33.6 Å². The molecule has 0 bridgehead atoms. The third-order valence-corrected chi connectivity index (χ3v) is 2.07. The molecule has 1 rings (SSSR count). The van der Waals surface area contributed by atoms with Gasteiger partial charge in [-0.2, -0.15) is 4.91 Å². The lowest BCUT2D eigenvalue weighted by Crippen LogP contribution is -2.28. The van der Waals surface area contributed by atoms with Crippen LogP contribution in [0.3, 0.4) is 0 Å².